The summed E-state index contributed by atoms with van der Waals surface area (Å²) in [6.45, 7) is 0.421. The van der Waals surface area contributed by atoms with Crippen LogP contribution in [0.3, 0.4) is 0 Å². The molecule has 2 saturated heterocycles. The van der Waals surface area contributed by atoms with Gasteiger partial charge in [0.05, 0.1) is 18.5 Å². The highest BCUT2D eigenvalue weighted by atomic mass is 16.3. The van der Waals surface area contributed by atoms with E-state index in [1.54, 1.807) is 24.3 Å². The molecule has 1 atom stereocenters. The molecule has 0 aliphatic carbocycles. The summed E-state index contributed by atoms with van der Waals surface area (Å²) >= 11 is 0. The predicted molar refractivity (Wildman–Crippen MR) is 118 cm³/mol. The number of aromatic hydroxyl groups is 1. The fourth-order valence-corrected chi connectivity index (χ4v) is 4.04. The maximum absolute atomic E-state index is 13.1. The van der Waals surface area contributed by atoms with Crippen LogP contribution in [0.1, 0.15) is 21.0 Å². The van der Waals surface area contributed by atoms with Crippen LogP contribution in [0.25, 0.3) is 0 Å². The summed E-state index contributed by atoms with van der Waals surface area (Å²) in [5.41, 5.74) is 0.453. The Morgan fingerprint density at radius 1 is 1.09 bits per heavy atom. The third-order valence-electron chi connectivity index (χ3n) is 5.71. The van der Waals surface area contributed by atoms with Crippen molar-refractivity contribution in [3.8, 4) is 5.75 Å². The predicted octanol–water partition coefficient (Wildman–Crippen LogP) is 1.93. The molecular formula is C23H19N5O6. The van der Waals surface area contributed by atoms with E-state index in [1.165, 1.54) is 46.5 Å². The summed E-state index contributed by atoms with van der Waals surface area (Å²) in [4.78, 5) is 58.7. The highest BCUT2D eigenvalue weighted by molar-refractivity contribution is 6.22. The molecule has 2 aliphatic rings. The fraction of sp³-hybridized carbons (Fsp3) is 0.174. The number of fused-ring (bicyclic) bond motifs is 1. The molecule has 11 heteroatoms. The van der Waals surface area contributed by atoms with Crippen molar-refractivity contribution in [1.82, 2.24) is 14.8 Å². The van der Waals surface area contributed by atoms with E-state index in [2.05, 4.69) is 10.3 Å². The second-order valence-electron chi connectivity index (χ2n) is 7.77. The van der Waals surface area contributed by atoms with Crippen molar-refractivity contribution in [2.45, 2.75) is 6.04 Å². The second kappa shape index (κ2) is 8.35. The van der Waals surface area contributed by atoms with Gasteiger partial charge in [-0.2, -0.15) is 0 Å². The minimum absolute atomic E-state index is 0.0100. The summed E-state index contributed by atoms with van der Waals surface area (Å²) in [5, 5.41) is 13.2. The molecule has 5 amide bonds. The number of nitrogens with zero attached hydrogens (tertiary/aromatic N) is 4. The number of amides is 5. The van der Waals surface area contributed by atoms with E-state index in [4.69, 9.17) is 4.42 Å². The lowest BCUT2D eigenvalue weighted by molar-refractivity contribution is -0.120. The lowest BCUT2D eigenvalue weighted by Gasteiger charge is -2.34. The van der Waals surface area contributed by atoms with E-state index in [9.17, 15) is 24.3 Å². The molecule has 0 saturated carbocycles. The number of carbonyl (C=O) groups excluding carboxylic acids is 4. The topological polar surface area (TPSA) is 136 Å². The van der Waals surface area contributed by atoms with Gasteiger partial charge in [-0.05, 0) is 36.4 Å². The number of nitrogens with one attached hydrogen (secondary N) is 1. The van der Waals surface area contributed by atoms with Crippen molar-refractivity contribution in [1.29, 1.82) is 0 Å². The molecule has 2 aromatic heterocycles. The largest absolute Gasteiger partial charge is 0.506 e. The molecule has 0 radical (unpaired) electrons. The molecule has 0 spiro atoms. The van der Waals surface area contributed by atoms with Crippen LogP contribution in [0.15, 0.2) is 65.4 Å². The van der Waals surface area contributed by atoms with Crippen LogP contribution in [0, 0.1) is 0 Å². The minimum Gasteiger partial charge on any atom is -0.506 e. The second-order valence-corrected chi connectivity index (χ2v) is 7.77. The number of piperazine rings is 1. The molecule has 0 bridgehead atoms. The van der Waals surface area contributed by atoms with Gasteiger partial charge in [-0.15, -0.1) is 0 Å². The molecule has 2 fully saturated rings. The van der Waals surface area contributed by atoms with Crippen LogP contribution in [0.5, 0.6) is 5.75 Å². The van der Waals surface area contributed by atoms with Crippen LogP contribution >= 0.6 is 0 Å². The number of hydrogen-bond acceptors (Lipinski definition) is 7. The van der Waals surface area contributed by atoms with Crippen LogP contribution < -0.4 is 10.2 Å². The number of carbonyl (C=O) groups is 4. The van der Waals surface area contributed by atoms with Gasteiger partial charge in [-0.3, -0.25) is 19.4 Å². The Bertz CT molecular complexity index is 1280. The van der Waals surface area contributed by atoms with E-state index < -0.39 is 23.9 Å². The monoisotopic (exact) mass is 461 g/mol. The molecule has 34 heavy (non-hydrogen) atoms. The van der Waals surface area contributed by atoms with Crippen molar-refractivity contribution in [3.05, 3.63) is 72.4 Å². The molecule has 2 N–H and O–H groups in total. The first-order chi connectivity index (χ1) is 16.4. The van der Waals surface area contributed by atoms with Gasteiger partial charge in [0.1, 0.15) is 17.5 Å². The number of imide groups is 1. The molecule has 11 nitrogen and oxygen atoms in total. The number of anilines is 2. The first-order valence-electron chi connectivity index (χ1n) is 10.5. The van der Waals surface area contributed by atoms with Crippen molar-refractivity contribution in [2.75, 3.05) is 29.9 Å². The molecular weight excluding hydrogens is 442 g/mol. The van der Waals surface area contributed by atoms with Gasteiger partial charge in [0.25, 0.3) is 17.7 Å². The number of furan rings is 1. The van der Waals surface area contributed by atoms with E-state index >= 15 is 0 Å². The Balaban J connectivity index is 1.33. The van der Waals surface area contributed by atoms with Crippen LogP contribution in [-0.4, -0.2) is 69.3 Å². The SMILES string of the molecule is O=C(Nc1ccc(N2C(=O)C3CN(C(=O)c4ccco4)CCN3C2=O)c(O)c1)c1ccccn1. The standard InChI is InChI=1S/C23H19N5O6/c29-18-12-14(25-20(30)15-4-1-2-8-24-15)6-7-16(18)28-21(31)17-13-26(9-10-27(17)23(28)33)22(32)19-5-3-11-34-19/h1-8,11-12,17,29H,9-10,13H2,(H,25,30). The zero-order valence-electron chi connectivity index (χ0n) is 17.7. The van der Waals surface area contributed by atoms with Crippen molar-refractivity contribution < 1.29 is 28.7 Å². The molecule has 1 aromatic carbocycles. The van der Waals surface area contributed by atoms with Gasteiger partial charge in [0, 0.05) is 31.0 Å². The number of phenolic OH excluding ortho intramolecular Hbond substituents is 1. The summed E-state index contributed by atoms with van der Waals surface area (Å²) in [5.74, 6) is -1.59. The van der Waals surface area contributed by atoms with Gasteiger partial charge in [-0.1, -0.05) is 6.07 Å². The molecule has 2 aliphatic heterocycles. The molecule has 1 unspecified atom stereocenters. The van der Waals surface area contributed by atoms with E-state index in [-0.39, 0.29) is 54.1 Å². The summed E-state index contributed by atoms with van der Waals surface area (Å²) < 4.78 is 5.15. The zero-order chi connectivity index (χ0) is 23.8. The fourth-order valence-electron chi connectivity index (χ4n) is 4.04. The molecule has 4 heterocycles. The lowest BCUT2D eigenvalue weighted by atomic mass is 10.1. The molecule has 3 aromatic rings. The third kappa shape index (κ3) is 3.62. The number of benzene rings is 1. The van der Waals surface area contributed by atoms with E-state index in [0.29, 0.717) is 0 Å². The van der Waals surface area contributed by atoms with Crippen molar-refractivity contribution in [3.63, 3.8) is 0 Å². The first kappa shape index (κ1) is 21.2. The van der Waals surface area contributed by atoms with Crippen LogP contribution in [-0.2, 0) is 4.79 Å². The Kier molecular flexibility index (Phi) is 5.21. The summed E-state index contributed by atoms with van der Waals surface area (Å²) in [6.07, 6.45) is 2.87. The van der Waals surface area contributed by atoms with Gasteiger partial charge in [-0.25, -0.2) is 9.69 Å². The lowest BCUT2D eigenvalue weighted by Crippen LogP contribution is -2.54. The maximum Gasteiger partial charge on any atom is 0.332 e. The minimum atomic E-state index is -0.872. The quantitative estimate of drug-likeness (QED) is 0.567. The average molecular weight is 461 g/mol. The van der Waals surface area contributed by atoms with Gasteiger partial charge >= 0.3 is 6.03 Å². The highest BCUT2D eigenvalue weighted by Gasteiger charge is 2.49. The number of rotatable bonds is 4. The summed E-state index contributed by atoms with van der Waals surface area (Å²) in [7, 11) is 0. The zero-order valence-corrected chi connectivity index (χ0v) is 17.7. The number of pyridine rings is 1. The Morgan fingerprint density at radius 2 is 1.94 bits per heavy atom. The summed E-state index contributed by atoms with van der Waals surface area (Å²) in [6, 6.07) is 10.7. The number of aromatic nitrogens is 1. The Hall–Kier alpha value is -4.67. The molecule has 5 rings (SSSR count). The van der Waals surface area contributed by atoms with Gasteiger partial charge in [0.2, 0.25) is 0 Å². The molecule has 172 valence electrons. The van der Waals surface area contributed by atoms with E-state index in [0.717, 1.165) is 4.90 Å². The highest BCUT2D eigenvalue weighted by Crippen LogP contribution is 2.35. The Labute approximate surface area is 193 Å². The van der Waals surface area contributed by atoms with Crippen molar-refractivity contribution >= 4 is 35.1 Å². The van der Waals surface area contributed by atoms with E-state index in [1.807, 2.05) is 0 Å². The third-order valence-corrected chi connectivity index (χ3v) is 5.71. The van der Waals surface area contributed by atoms with Crippen LogP contribution in [0.4, 0.5) is 16.2 Å². The maximum atomic E-state index is 13.1. The van der Waals surface area contributed by atoms with Gasteiger partial charge in [0.15, 0.2) is 5.76 Å². The number of hydrogen-bond donors (Lipinski definition) is 2. The van der Waals surface area contributed by atoms with Crippen molar-refractivity contribution in [2.24, 2.45) is 0 Å². The van der Waals surface area contributed by atoms with Gasteiger partial charge < -0.3 is 24.6 Å². The average Bonchev–Trinajstić information content (AvgIpc) is 3.47. The number of phenols is 1. The van der Waals surface area contributed by atoms with Crippen LogP contribution in [0.2, 0.25) is 0 Å². The first-order valence-corrected chi connectivity index (χ1v) is 10.5. The smallest absolute Gasteiger partial charge is 0.332 e. The number of urea groups is 1. The normalized spacial score (nSPS) is 17.6. The Morgan fingerprint density at radius 3 is 2.65 bits per heavy atom.